The summed E-state index contributed by atoms with van der Waals surface area (Å²) in [6.07, 6.45) is 3.54. The highest BCUT2D eigenvalue weighted by molar-refractivity contribution is 5.98. The number of hydrogen-bond acceptors (Lipinski definition) is 5. The highest BCUT2D eigenvalue weighted by atomic mass is 19.1. The predicted octanol–water partition coefficient (Wildman–Crippen LogP) is 1.68. The molecule has 132 valence electrons. The molecule has 1 amide bonds. The molecule has 0 spiro atoms. The second-order valence-electron chi connectivity index (χ2n) is 5.54. The summed E-state index contributed by atoms with van der Waals surface area (Å²) in [5.41, 5.74) is 1.32. The molecule has 0 saturated carbocycles. The largest absolute Gasteiger partial charge is 0.411 e. The monoisotopic (exact) mass is 346 g/mol. The van der Waals surface area contributed by atoms with E-state index in [4.69, 9.17) is 10.6 Å². The van der Waals surface area contributed by atoms with Crippen molar-refractivity contribution in [3.63, 3.8) is 0 Å². The van der Waals surface area contributed by atoms with Crippen LogP contribution in [0.4, 0.5) is 4.39 Å². The third-order valence-electron chi connectivity index (χ3n) is 3.52. The molecule has 0 aliphatic carbocycles. The SMILES string of the molecule is CC(=O)NCC(O)CC(=N)c1ccc(-n2ccc(/C=N/O)c2)c(F)c1. The Hall–Kier alpha value is -3.00. The van der Waals surface area contributed by atoms with Crippen LogP contribution in [-0.2, 0) is 4.79 Å². The zero-order valence-corrected chi connectivity index (χ0v) is 13.6. The van der Waals surface area contributed by atoms with Crippen molar-refractivity contribution in [1.29, 1.82) is 5.41 Å². The molecular weight excluding hydrogens is 327 g/mol. The first kappa shape index (κ1) is 18.3. The standard InChI is InChI=1S/C17H19FN4O3/c1-11(23)20-9-14(24)7-16(19)13-2-3-17(15(18)6-13)22-5-4-12(10-22)8-21-25/h2-6,8,10,14,19,24-25H,7,9H2,1H3,(H,20,23)/b19-16?,21-8+. The summed E-state index contributed by atoms with van der Waals surface area (Å²) in [6.45, 7) is 1.38. The molecule has 0 fully saturated rings. The first-order chi connectivity index (χ1) is 11.9. The lowest BCUT2D eigenvalue weighted by Gasteiger charge is -2.13. The molecule has 1 unspecified atom stereocenters. The normalized spacial score (nSPS) is 12.3. The average Bonchev–Trinajstić information content (AvgIpc) is 3.01. The summed E-state index contributed by atoms with van der Waals surface area (Å²) in [4.78, 5) is 10.8. The Morgan fingerprint density at radius 3 is 2.88 bits per heavy atom. The Morgan fingerprint density at radius 1 is 1.48 bits per heavy atom. The smallest absolute Gasteiger partial charge is 0.216 e. The van der Waals surface area contributed by atoms with Gasteiger partial charge in [-0.2, -0.15) is 0 Å². The highest BCUT2D eigenvalue weighted by Gasteiger charge is 2.13. The molecule has 2 aromatic rings. The molecule has 0 bridgehead atoms. The van der Waals surface area contributed by atoms with Gasteiger partial charge in [0.15, 0.2) is 0 Å². The van der Waals surface area contributed by atoms with E-state index < -0.39 is 11.9 Å². The van der Waals surface area contributed by atoms with Gasteiger partial charge in [0.1, 0.15) is 5.82 Å². The fraction of sp³-hybridized carbons (Fsp3) is 0.235. The lowest BCUT2D eigenvalue weighted by molar-refractivity contribution is -0.119. The number of amides is 1. The van der Waals surface area contributed by atoms with Crippen molar-refractivity contribution in [2.45, 2.75) is 19.4 Å². The summed E-state index contributed by atoms with van der Waals surface area (Å²) in [5, 5.41) is 31.7. The number of benzene rings is 1. The van der Waals surface area contributed by atoms with Gasteiger partial charge in [-0.1, -0.05) is 11.2 Å². The maximum Gasteiger partial charge on any atom is 0.216 e. The molecule has 0 radical (unpaired) electrons. The molecule has 8 heteroatoms. The topological polar surface area (TPSA) is 111 Å². The van der Waals surface area contributed by atoms with Gasteiger partial charge >= 0.3 is 0 Å². The van der Waals surface area contributed by atoms with Crippen LogP contribution in [0.2, 0.25) is 0 Å². The first-order valence-electron chi connectivity index (χ1n) is 7.56. The van der Waals surface area contributed by atoms with Crippen LogP contribution in [0.25, 0.3) is 5.69 Å². The minimum absolute atomic E-state index is 0.000299. The molecule has 7 nitrogen and oxygen atoms in total. The van der Waals surface area contributed by atoms with E-state index in [0.29, 0.717) is 11.1 Å². The number of carbonyl (C=O) groups is 1. The Bertz CT molecular complexity index is 801. The molecule has 1 aromatic carbocycles. The van der Waals surface area contributed by atoms with Gasteiger partial charge in [0.25, 0.3) is 0 Å². The number of nitrogens with one attached hydrogen (secondary N) is 2. The summed E-state index contributed by atoms with van der Waals surface area (Å²) < 4.78 is 15.9. The maximum atomic E-state index is 14.4. The van der Waals surface area contributed by atoms with Crippen LogP contribution in [0.1, 0.15) is 24.5 Å². The van der Waals surface area contributed by atoms with Crippen LogP contribution < -0.4 is 5.32 Å². The van der Waals surface area contributed by atoms with E-state index in [0.717, 1.165) is 0 Å². The molecule has 1 atom stereocenters. The summed E-state index contributed by atoms with van der Waals surface area (Å²) in [7, 11) is 0. The number of aliphatic hydroxyl groups excluding tert-OH is 1. The number of rotatable bonds is 7. The molecule has 1 aromatic heterocycles. The van der Waals surface area contributed by atoms with Crippen LogP contribution >= 0.6 is 0 Å². The van der Waals surface area contributed by atoms with Crippen molar-refractivity contribution in [2.24, 2.45) is 5.16 Å². The third-order valence-corrected chi connectivity index (χ3v) is 3.52. The van der Waals surface area contributed by atoms with Gasteiger partial charge in [-0.05, 0) is 23.8 Å². The molecule has 25 heavy (non-hydrogen) atoms. The van der Waals surface area contributed by atoms with Gasteiger partial charge in [-0.25, -0.2) is 4.39 Å². The van der Waals surface area contributed by atoms with E-state index in [2.05, 4.69) is 10.5 Å². The van der Waals surface area contributed by atoms with Gasteiger partial charge in [0.2, 0.25) is 5.91 Å². The molecule has 0 aliphatic heterocycles. The quantitative estimate of drug-likeness (QED) is 0.348. The van der Waals surface area contributed by atoms with Gasteiger partial charge in [-0.15, -0.1) is 0 Å². The van der Waals surface area contributed by atoms with E-state index in [-0.39, 0.29) is 30.3 Å². The molecule has 1 heterocycles. The van der Waals surface area contributed by atoms with Crippen LogP contribution in [0, 0.1) is 11.2 Å². The minimum atomic E-state index is -0.913. The number of aliphatic hydroxyl groups is 1. The second kappa shape index (κ2) is 8.20. The molecule has 0 aliphatic rings. The Kier molecular flexibility index (Phi) is 6.02. The fourth-order valence-corrected chi connectivity index (χ4v) is 2.30. The molecular formula is C17H19FN4O3. The molecule has 4 N–H and O–H groups in total. The van der Waals surface area contributed by atoms with Gasteiger partial charge in [0, 0.05) is 43.6 Å². The zero-order valence-electron chi connectivity index (χ0n) is 13.6. The minimum Gasteiger partial charge on any atom is -0.411 e. The predicted molar refractivity (Wildman–Crippen MR) is 91.2 cm³/mol. The van der Waals surface area contributed by atoms with E-state index in [9.17, 15) is 14.3 Å². The van der Waals surface area contributed by atoms with E-state index in [1.807, 2.05) is 0 Å². The van der Waals surface area contributed by atoms with Crippen molar-refractivity contribution in [1.82, 2.24) is 9.88 Å². The molecule has 2 rings (SSSR count). The number of carbonyl (C=O) groups excluding carboxylic acids is 1. The van der Waals surface area contributed by atoms with Crippen molar-refractivity contribution < 1.29 is 19.5 Å². The Morgan fingerprint density at radius 2 is 2.24 bits per heavy atom. The van der Waals surface area contributed by atoms with E-state index in [1.54, 1.807) is 24.5 Å². The van der Waals surface area contributed by atoms with Crippen molar-refractivity contribution in [3.05, 3.63) is 53.6 Å². The zero-order chi connectivity index (χ0) is 18.4. The van der Waals surface area contributed by atoms with Crippen LogP contribution in [-0.4, -0.2) is 45.4 Å². The lowest BCUT2D eigenvalue weighted by atomic mass is 10.0. The number of nitrogens with zero attached hydrogens (tertiary/aromatic N) is 2. The van der Waals surface area contributed by atoms with Crippen molar-refractivity contribution in [3.8, 4) is 5.69 Å². The first-order valence-corrected chi connectivity index (χ1v) is 7.56. The highest BCUT2D eigenvalue weighted by Crippen LogP contribution is 2.18. The van der Waals surface area contributed by atoms with Crippen LogP contribution in [0.5, 0.6) is 0 Å². The van der Waals surface area contributed by atoms with Crippen LogP contribution in [0.15, 0.2) is 41.8 Å². The number of halogens is 1. The van der Waals surface area contributed by atoms with Gasteiger partial charge in [-0.3, -0.25) is 4.79 Å². The number of aromatic nitrogens is 1. The number of oxime groups is 1. The van der Waals surface area contributed by atoms with E-state index >= 15 is 0 Å². The van der Waals surface area contributed by atoms with E-state index in [1.165, 1.54) is 29.8 Å². The average molecular weight is 346 g/mol. The summed E-state index contributed by atoms with van der Waals surface area (Å²) in [6, 6.07) is 6.00. The summed E-state index contributed by atoms with van der Waals surface area (Å²) >= 11 is 0. The maximum absolute atomic E-state index is 14.4. The fourth-order valence-electron chi connectivity index (χ4n) is 2.30. The Labute approximate surface area is 143 Å². The third kappa shape index (κ3) is 4.98. The van der Waals surface area contributed by atoms with Crippen molar-refractivity contribution >= 4 is 17.8 Å². The lowest BCUT2D eigenvalue weighted by Crippen LogP contribution is -2.31. The van der Waals surface area contributed by atoms with Crippen molar-refractivity contribution in [2.75, 3.05) is 6.54 Å². The van der Waals surface area contributed by atoms with Gasteiger partial charge in [0.05, 0.1) is 18.0 Å². The second-order valence-corrected chi connectivity index (χ2v) is 5.54. The van der Waals surface area contributed by atoms with Crippen LogP contribution in [0.3, 0.4) is 0 Å². The Balaban J connectivity index is 2.10. The number of hydrogen-bond donors (Lipinski definition) is 4. The summed E-state index contributed by atoms with van der Waals surface area (Å²) in [5.74, 6) is -0.792. The van der Waals surface area contributed by atoms with Gasteiger partial charge < -0.3 is 25.6 Å². The molecule has 0 saturated heterocycles.